The van der Waals surface area contributed by atoms with E-state index < -0.39 is 0 Å². The fourth-order valence-electron chi connectivity index (χ4n) is 4.08. The van der Waals surface area contributed by atoms with E-state index in [4.69, 9.17) is 9.97 Å². The van der Waals surface area contributed by atoms with Crippen LogP contribution in [0.25, 0.3) is 21.9 Å². The first-order chi connectivity index (χ1) is 13.6. The normalized spacial score (nSPS) is 13.4. The third-order valence-corrected chi connectivity index (χ3v) is 5.74. The van der Waals surface area contributed by atoms with Crippen LogP contribution in [0, 0.1) is 13.8 Å². The molecule has 0 radical (unpaired) electrons. The van der Waals surface area contributed by atoms with Gasteiger partial charge < -0.3 is 4.57 Å². The SMILES string of the molecule is Cc1ncc(C)c2nc(CCc3nc4c5c(ccc4n3C)CCC=N5)ccc12. The third kappa shape index (κ3) is 2.70. The molecule has 5 nitrogen and oxygen atoms in total. The molecule has 5 heteroatoms. The van der Waals surface area contributed by atoms with E-state index in [1.54, 1.807) is 0 Å². The summed E-state index contributed by atoms with van der Waals surface area (Å²) in [5, 5.41) is 1.14. The molecule has 3 aromatic heterocycles. The van der Waals surface area contributed by atoms with Gasteiger partial charge in [0, 0.05) is 42.7 Å². The number of aromatic nitrogens is 4. The van der Waals surface area contributed by atoms with Crippen LogP contribution in [0.5, 0.6) is 0 Å². The van der Waals surface area contributed by atoms with Gasteiger partial charge in [0.05, 0.1) is 16.7 Å². The van der Waals surface area contributed by atoms with Crippen LogP contribution >= 0.6 is 0 Å². The Morgan fingerprint density at radius 1 is 1.00 bits per heavy atom. The van der Waals surface area contributed by atoms with Crippen LogP contribution in [0.2, 0.25) is 0 Å². The van der Waals surface area contributed by atoms with E-state index in [0.717, 1.165) is 76.1 Å². The van der Waals surface area contributed by atoms with Gasteiger partial charge in [-0.15, -0.1) is 0 Å². The molecule has 140 valence electrons. The van der Waals surface area contributed by atoms with Crippen LogP contribution in [0.4, 0.5) is 5.69 Å². The minimum atomic E-state index is 0.852. The van der Waals surface area contributed by atoms with Crippen molar-refractivity contribution in [2.24, 2.45) is 12.0 Å². The average Bonchev–Trinajstić information content (AvgIpc) is 3.05. The quantitative estimate of drug-likeness (QED) is 0.532. The minimum absolute atomic E-state index is 0.852. The molecule has 0 unspecified atom stereocenters. The molecule has 0 bridgehead atoms. The number of nitrogens with zero attached hydrogens (tertiary/aromatic N) is 5. The zero-order chi connectivity index (χ0) is 19.3. The second-order valence-electron chi connectivity index (χ2n) is 7.60. The number of pyridine rings is 2. The molecule has 28 heavy (non-hydrogen) atoms. The Bertz CT molecular complexity index is 1250. The first kappa shape index (κ1) is 17.0. The van der Waals surface area contributed by atoms with Crippen molar-refractivity contribution in [2.75, 3.05) is 0 Å². The molecule has 0 saturated heterocycles. The van der Waals surface area contributed by atoms with E-state index in [2.05, 4.69) is 52.8 Å². The number of hydrogen-bond donors (Lipinski definition) is 0. The van der Waals surface area contributed by atoms with Crippen LogP contribution < -0.4 is 0 Å². The van der Waals surface area contributed by atoms with Crippen molar-refractivity contribution in [3.8, 4) is 0 Å². The van der Waals surface area contributed by atoms with Gasteiger partial charge in [0.25, 0.3) is 0 Å². The van der Waals surface area contributed by atoms with Crippen molar-refractivity contribution in [3.05, 3.63) is 58.8 Å². The van der Waals surface area contributed by atoms with Crippen molar-refractivity contribution in [2.45, 2.75) is 39.5 Å². The standard InChI is InChI=1S/C23H23N5/c1-14-13-25-15(2)18-9-7-17(26-21(14)18)8-11-20-27-23-19(28(20)3)10-6-16-5-4-12-24-22(16)23/h6-7,9-10,12-13H,4-5,8,11H2,1-3H3. The first-order valence-corrected chi connectivity index (χ1v) is 9.83. The number of aliphatic imine (C=N–C) groups is 1. The van der Waals surface area contributed by atoms with Crippen LogP contribution in [0.15, 0.2) is 35.5 Å². The highest BCUT2D eigenvalue weighted by Crippen LogP contribution is 2.33. The molecule has 5 rings (SSSR count). The van der Waals surface area contributed by atoms with Crippen molar-refractivity contribution in [1.29, 1.82) is 0 Å². The summed E-state index contributed by atoms with van der Waals surface area (Å²) in [7, 11) is 2.09. The number of rotatable bonds is 3. The van der Waals surface area contributed by atoms with Gasteiger partial charge in [-0.1, -0.05) is 6.07 Å². The summed E-state index contributed by atoms with van der Waals surface area (Å²) in [6, 6.07) is 8.64. The lowest BCUT2D eigenvalue weighted by Gasteiger charge is -2.09. The number of imidazole rings is 1. The smallest absolute Gasteiger partial charge is 0.115 e. The summed E-state index contributed by atoms with van der Waals surface area (Å²) in [6.07, 6.45) is 7.69. The monoisotopic (exact) mass is 369 g/mol. The van der Waals surface area contributed by atoms with E-state index in [1.807, 2.05) is 19.3 Å². The number of hydrogen-bond acceptors (Lipinski definition) is 4. The second-order valence-corrected chi connectivity index (χ2v) is 7.60. The maximum absolute atomic E-state index is 4.95. The fourth-order valence-corrected chi connectivity index (χ4v) is 4.08. The van der Waals surface area contributed by atoms with Gasteiger partial charge in [-0.2, -0.15) is 0 Å². The number of benzene rings is 1. The van der Waals surface area contributed by atoms with E-state index in [9.17, 15) is 0 Å². The van der Waals surface area contributed by atoms with Gasteiger partial charge in [0.15, 0.2) is 0 Å². The highest BCUT2D eigenvalue weighted by molar-refractivity contribution is 5.92. The lowest BCUT2D eigenvalue weighted by molar-refractivity contribution is 0.777. The fraction of sp³-hybridized carbons (Fsp3) is 0.304. The van der Waals surface area contributed by atoms with Crippen LogP contribution in [0.3, 0.4) is 0 Å². The Balaban J connectivity index is 1.48. The maximum atomic E-state index is 4.95. The second kappa shape index (κ2) is 6.51. The first-order valence-electron chi connectivity index (χ1n) is 9.83. The summed E-state index contributed by atoms with van der Waals surface area (Å²) in [6.45, 7) is 4.10. The van der Waals surface area contributed by atoms with E-state index in [-0.39, 0.29) is 0 Å². The highest BCUT2D eigenvalue weighted by atomic mass is 15.1. The Morgan fingerprint density at radius 2 is 1.89 bits per heavy atom. The lowest BCUT2D eigenvalue weighted by Crippen LogP contribution is -2.02. The van der Waals surface area contributed by atoms with E-state index in [0.29, 0.717) is 0 Å². The highest BCUT2D eigenvalue weighted by Gasteiger charge is 2.16. The molecule has 0 atom stereocenters. The molecule has 4 heterocycles. The van der Waals surface area contributed by atoms with Gasteiger partial charge in [0.2, 0.25) is 0 Å². The van der Waals surface area contributed by atoms with Gasteiger partial charge >= 0.3 is 0 Å². The molecule has 0 fully saturated rings. The van der Waals surface area contributed by atoms with Gasteiger partial charge in [0.1, 0.15) is 11.3 Å². The Kier molecular flexibility index (Phi) is 3.97. The molecular weight excluding hydrogens is 346 g/mol. The molecule has 0 aliphatic carbocycles. The zero-order valence-corrected chi connectivity index (χ0v) is 16.5. The van der Waals surface area contributed by atoms with Crippen LogP contribution in [-0.2, 0) is 26.3 Å². The summed E-state index contributed by atoms with van der Waals surface area (Å²) in [5.74, 6) is 1.08. The minimum Gasteiger partial charge on any atom is -0.331 e. The van der Waals surface area contributed by atoms with Gasteiger partial charge in [-0.25, -0.2) is 4.98 Å². The molecule has 0 amide bonds. The summed E-state index contributed by atoms with van der Waals surface area (Å²) in [4.78, 5) is 18.9. The summed E-state index contributed by atoms with van der Waals surface area (Å²) >= 11 is 0. The number of fused-ring (bicyclic) bond motifs is 4. The lowest BCUT2D eigenvalue weighted by atomic mass is 10.0. The maximum Gasteiger partial charge on any atom is 0.115 e. The molecule has 1 aliphatic heterocycles. The average molecular weight is 369 g/mol. The van der Waals surface area contributed by atoms with Crippen LogP contribution in [-0.4, -0.2) is 25.7 Å². The van der Waals surface area contributed by atoms with Crippen molar-refractivity contribution < 1.29 is 0 Å². The molecule has 1 aliphatic rings. The Labute approximate surface area is 164 Å². The predicted octanol–water partition coefficient (Wildman–Crippen LogP) is 4.57. The predicted molar refractivity (Wildman–Crippen MR) is 114 cm³/mol. The molecule has 0 spiro atoms. The Morgan fingerprint density at radius 3 is 2.79 bits per heavy atom. The third-order valence-electron chi connectivity index (χ3n) is 5.74. The van der Waals surface area contributed by atoms with Crippen molar-refractivity contribution in [3.63, 3.8) is 0 Å². The summed E-state index contributed by atoms with van der Waals surface area (Å²) in [5.41, 5.74) is 8.82. The topological polar surface area (TPSA) is 56.0 Å². The van der Waals surface area contributed by atoms with Crippen molar-refractivity contribution >= 4 is 33.8 Å². The van der Waals surface area contributed by atoms with Gasteiger partial charge in [-0.3, -0.25) is 15.0 Å². The summed E-state index contributed by atoms with van der Waals surface area (Å²) < 4.78 is 2.19. The number of aryl methyl sites for hydroxylation is 6. The van der Waals surface area contributed by atoms with E-state index in [1.165, 1.54) is 5.56 Å². The van der Waals surface area contributed by atoms with Crippen LogP contribution in [0.1, 0.15) is 34.8 Å². The van der Waals surface area contributed by atoms with E-state index >= 15 is 0 Å². The molecule has 1 aromatic carbocycles. The molecule has 4 aromatic rings. The van der Waals surface area contributed by atoms with Crippen molar-refractivity contribution in [1.82, 2.24) is 19.5 Å². The largest absolute Gasteiger partial charge is 0.331 e. The molecule has 0 N–H and O–H groups in total. The zero-order valence-electron chi connectivity index (χ0n) is 16.5. The molecule has 0 saturated carbocycles. The van der Waals surface area contributed by atoms with Gasteiger partial charge in [-0.05, 0) is 62.4 Å². The Hall–Kier alpha value is -3.08. The molecular formula is C23H23N5.